The fourth-order valence-electron chi connectivity index (χ4n) is 3.12. The lowest BCUT2D eigenvalue weighted by Gasteiger charge is -2.15. The van der Waals surface area contributed by atoms with E-state index in [4.69, 9.17) is 21.1 Å². The number of carbonyl (C=O) groups is 1. The summed E-state index contributed by atoms with van der Waals surface area (Å²) < 4.78 is 27.4. The van der Waals surface area contributed by atoms with E-state index in [2.05, 4.69) is 20.2 Å². The molecule has 1 aromatic carbocycles. The molecule has 0 saturated heterocycles. The molecule has 11 heteroatoms. The van der Waals surface area contributed by atoms with Gasteiger partial charge in [-0.1, -0.05) is 17.7 Å². The van der Waals surface area contributed by atoms with Gasteiger partial charge < -0.3 is 9.47 Å². The van der Waals surface area contributed by atoms with Crippen LogP contribution in [0.2, 0.25) is 5.02 Å². The van der Waals surface area contributed by atoms with E-state index in [0.29, 0.717) is 16.6 Å². The molecular weight excluding hydrogens is 427 g/mol. The Morgan fingerprint density at radius 3 is 2.77 bits per heavy atom. The zero-order valence-corrected chi connectivity index (χ0v) is 17.7. The molecule has 0 aliphatic rings. The van der Waals surface area contributed by atoms with Gasteiger partial charge in [0, 0.05) is 6.20 Å². The van der Waals surface area contributed by atoms with Crippen LogP contribution in [0.1, 0.15) is 35.8 Å². The summed E-state index contributed by atoms with van der Waals surface area (Å²) in [6.07, 6.45) is 4.41. The van der Waals surface area contributed by atoms with E-state index in [1.165, 1.54) is 36.3 Å². The molecule has 9 nitrogen and oxygen atoms in total. The average Bonchev–Trinajstić information content (AvgIpc) is 3.42. The molecule has 0 aliphatic heterocycles. The summed E-state index contributed by atoms with van der Waals surface area (Å²) in [7, 11) is 1.47. The summed E-state index contributed by atoms with van der Waals surface area (Å²) in [6.45, 7) is 3.85. The normalized spacial score (nSPS) is 12.2. The first-order valence-electron chi connectivity index (χ1n) is 9.39. The van der Waals surface area contributed by atoms with Gasteiger partial charge in [0.15, 0.2) is 0 Å². The molecule has 0 amide bonds. The highest BCUT2D eigenvalue weighted by Gasteiger charge is 2.21. The molecule has 0 spiro atoms. The third-order valence-electron chi connectivity index (χ3n) is 4.69. The first-order chi connectivity index (χ1) is 14.9. The van der Waals surface area contributed by atoms with Crippen molar-refractivity contribution in [3.05, 3.63) is 58.8 Å². The van der Waals surface area contributed by atoms with Gasteiger partial charge in [-0.05, 0) is 31.5 Å². The van der Waals surface area contributed by atoms with Crippen LogP contribution in [0.4, 0.5) is 4.39 Å². The maximum absolute atomic E-state index is 13.9. The number of methoxy groups -OCH3 is 1. The molecule has 31 heavy (non-hydrogen) atoms. The Morgan fingerprint density at radius 2 is 2.06 bits per heavy atom. The average molecular weight is 445 g/mol. The minimum absolute atomic E-state index is 0.0493. The zero-order chi connectivity index (χ0) is 22.1. The van der Waals surface area contributed by atoms with Crippen molar-refractivity contribution in [3.8, 4) is 11.8 Å². The highest BCUT2D eigenvalue weighted by molar-refractivity contribution is 6.30. The number of halogens is 2. The maximum Gasteiger partial charge on any atom is 0.341 e. The van der Waals surface area contributed by atoms with Crippen LogP contribution in [0.25, 0.3) is 17.0 Å². The monoisotopic (exact) mass is 444 g/mol. The van der Waals surface area contributed by atoms with E-state index in [1.54, 1.807) is 23.9 Å². The number of rotatable bonds is 6. The molecule has 4 rings (SSSR count). The predicted octanol–water partition coefficient (Wildman–Crippen LogP) is 3.60. The topological polar surface area (TPSA) is 97.0 Å². The van der Waals surface area contributed by atoms with Crippen molar-refractivity contribution in [1.82, 2.24) is 29.5 Å². The Morgan fingerprint density at radius 1 is 1.26 bits per heavy atom. The van der Waals surface area contributed by atoms with Crippen molar-refractivity contribution < 1.29 is 18.7 Å². The maximum atomic E-state index is 13.9. The fraction of sp³-hybridized carbons (Fsp3) is 0.250. The van der Waals surface area contributed by atoms with Gasteiger partial charge in [0.05, 0.1) is 42.7 Å². The number of ether oxygens (including phenoxy) is 2. The predicted molar refractivity (Wildman–Crippen MR) is 110 cm³/mol. The number of nitrogens with zero attached hydrogens (tertiary/aromatic N) is 6. The summed E-state index contributed by atoms with van der Waals surface area (Å²) in [5.41, 5.74) is 1.98. The van der Waals surface area contributed by atoms with Crippen LogP contribution in [-0.2, 0) is 4.74 Å². The van der Waals surface area contributed by atoms with E-state index in [9.17, 15) is 9.18 Å². The van der Waals surface area contributed by atoms with Gasteiger partial charge in [-0.3, -0.25) is 4.68 Å². The van der Waals surface area contributed by atoms with E-state index in [0.717, 1.165) is 0 Å². The lowest BCUT2D eigenvalue weighted by molar-refractivity contribution is 0.0526. The zero-order valence-electron chi connectivity index (χ0n) is 16.9. The summed E-state index contributed by atoms with van der Waals surface area (Å²) in [5, 5.41) is 8.58. The Labute approximate surface area is 181 Å². The number of aromatic nitrogens is 6. The molecule has 4 aromatic rings. The van der Waals surface area contributed by atoms with Crippen molar-refractivity contribution in [1.29, 1.82) is 0 Å². The van der Waals surface area contributed by atoms with Crippen molar-refractivity contribution in [2.75, 3.05) is 13.7 Å². The van der Waals surface area contributed by atoms with Crippen LogP contribution in [0, 0.1) is 5.82 Å². The number of hydrogen-bond acceptors (Lipinski definition) is 7. The smallest absolute Gasteiger partial charge is 0.341 e. The highest BCUT2D eigenvalue weighted by atomic mass is 35.5. The molecule has 3 heterocycles. The van der Waals surface area contributed by atoms with Crippen LogP contribution in [0.3, 0.4) is 0 Å². The van der Waals surface area contributed by atoms with Crippen LogP contribution in [0.5, 0.6) is 5.88 Å². The van der Waals surface area contributed by atoms with E-state index in [1.807, 2.05) is 6.92 Å². The minimum Gasteiger partial charge on any atom is -0.479 e. The quantitative estimate of drug-likeness (QED) is 0.419. The van der Waals surface area contributed by atoms with Gasteiger partial charge in [-0.15, -0.1) is 0 Å². The van der Waals surface area contributed by atoms with Gasteiger partial charge in [-0.2, -0.15) is 15.2 Å². The molecule has 0 radical (unpaired) electrons. The molecule has 1 atom stereocenters. The molecule has 0 bridgehead atoms. The van der Waals surface area contributed by atoms with Crippen molar-refractivity contribution in [3.63, 3.8) is 0 Å². The number of carbonyl (C=O) groups excluding carboxylic acids is 1. The summed E-state index contributed by atoms with van der Waals surface area (Å²) in [4.78, 5) is 20.8. The van der Waals surface area contributed by atoms with E-state index in [-0.39, 0.29) is 35.1 Å². The van der Waals surface area contributed by atoms with Gasteiger partial charge >= 0.3 is 5.97 Å². The molecule has 0 saturated carbocycles. The van der Waals surface area contributed by atoms with E-state index < -0.39 is 11.8 Å². The summed E-state index contributed by atoms with van der Waals surface area (Å²) in [6, 6.07) is 4.25. The number of benzene rings is 1. The fourth-order valence-corrected chi connectivity index (χ4v) is 3.24. The van der Waals surface area contributed by atoms with Crippen LogP contribution < -0.4 is 4.74 Å². The van der Waals surface area contributed by atoms with Gasteiger partial charge in [0.2, 0.25) is 5.88 Å². The third-order valence-corrected chi connectivity index (χ3v) is 4.99. The van der Waals surface area contributed by atoms with Gasteiger partial charge in [0.25, 0.3) is 5.95 Å². The van der Waals surface area contributed by atoms with Crippen molar-refractivity contribution >= 4 is 28.6 Å². The lowest BCUT2D eigenvalue weighted by atomic mass is 10.1. The van der Waals surface area contributed by atoms with Gasteiger partial charge in [0.1, 0.15) is 16.9 Å². The van der Waals surface area contributed by atoms with Gasteiger partial charge in [-0.25, -0.2) is 18.9 Å². The molecule has 3 aromatic heterocycles. The minimum atomic E-state index is -0.510. The summed E-state index contributed by atoms with van der Waals surface area (Å²) >= 11 is 5.79. The van der Waals surface area contributed by atoms with Crippen LogP contribution in [-0.4, -0.2) is 49.2 Å². The first-order valence-corrected chi connectivity index (χ1v) is 9.77. The molecule has 0 aliphatic carbocycles. The first kappa shape index (κ1) is 20.7. The molecule has 0 fully saturated rings. The van der Waals surface area contributed by atoms with Crippen LogP contribution >= 0.6 is 11.6 Å². The van der Waals surface area contributed by atoms with Crippen molar-refractivity contribution in [2.45, 2.75) is 19.9 Å². The molecule has 0 unspecified atom stereocenters. The highest BCUT2D eigenvalue weighted by Crippen LogP contribution is 2.29. The second-order valence-corrected chi connectivity index (χ2v) is 7.01. The Kier molecular flexibility index (Phi) is 5.55. The van der Waals surface area contributed by atoms with Crippen LogP contribution in [0.15, 0.2) is 36.8 Å². The third kappa shape index (κ3) is 3.81. The molecular formula is C20H18ClFN6O3. The molecule has 0 N–H and O–H groups in total. The Hall–Kier alpha value is -3.53. The summed E-state index contributed by atoms with van der Waals surface area (Å²) in [5.74, 6) is -0.542. The van der Waals surface area contributed by atoms with Crippen molar-refractivity contribution in [2.24, 2.45) is 0 Å². The second-order valence-electron chi connectivity index (χ2n) is 6.60. The Balaban J connectivity index is 1.75. The number of hydrogen-bond donors (Lipinski definition) is 0. The lowest BCUT2D eigenvalue weighted by Crippen LogP contribution is -2.11. The standard InChI is InChI=1S/C20H18ClFN6O3/c1-4-31-19(29)13-8-23-27(10-13)20-25-16-9-24-28(17(16)18(26-20)30-3)11(2)12-5-6-14(21)15(22)7-12/h5-11H,4H2,1-3H3/t11-/m1/s1. The number of fused-ring (bicyclic) bond motifs is 1. The second kappa shape index (κ2) is 8.31. The van der Waals surface area contributed by atoms with E-state index >= 15 is 0 Å². The molecule has 160 valence electrons. The number of esters is 1. The Bertz CT molecular complexity index is 1270. The largest absolute Gasteiger partial charge is 0.479 e. The SMILES string of the molecule is CCOC(=O)c1cnn(-c2nc(OC)c3c(cnn3[C@H](C)c3ccc(Cl)c(F)c3)n2)c1.